The SMILES string of the molecule is CCN(CC)c1ccc(Nc2nc(C)cc(NC3CCCC3)n2)cc1. The molecule has 3 rings (SSSR count). The summed E-state index contributed by atoms with van der Waals surface area (Å²) < 4.78 is 0. The van der Waals surface area contributed by atoms with Crippen LogP contribution in [0, 0.1) is 6.92 Å². The Labute approximate surface area is 150 Å². The normalized spacial score (nSPS) is 14.5. The van der Waals surface area contributed by atoms with Crippen LogP contribution < -0.4 is 15.5 Å². The molecule has 1 aromatic carbocycles. The van der Waals surface area contributed by atoms with Gasteiger partial charge in [-0.3, -0.25) is 0 Å². The van der Waals surface area contributed by atoms with Crippen LogP contribution in [0.2, 0.25) is 0 Å². The van der Waals surface area contributed by atoms with Gasteiger partial charge in [-0.05, 0) is 57.9 Å². The minimum Gasteiger partial charge on any atom is -0.372 e. The predicted molar refractivity (Wildman–Crippen MR) is 106 cm³/mol. The highest BCUT2D eigenvalue weighted by atomic mass is 15.2. The van der Waals surface area contributed by atoms with Gasteiger partial charge in [-0.2, -0.15) is 4.98 Å². The van der Waals surface area contributed by atoms with Crippen LogP contribution >= 0.6 is 0 Å². The van der Waals surface area contributed by atoms with Gasteiger partial charge in [-0.15, -0.1) is 0 Å². The van der Waals surface area contributed by atoms with Crippen molar-refractivity contribution in [2.75, 3.05) is 28.6 Å². The lowest BCUT2D eigenvalue weighted by molar-refractivity contribution is 0.749. The zero-order chi connectivity index (χ0) is 17.6. The van der Waals surface area contributed by atoms with Crippen LogP contribution in [-0.4, -0.2) is 29.1 Å². The largest absolute Gasteiger partial charge is 0.372 e. The second-order valence-electron chi connectivity index (χ2n) is 6.69. The van der Waals surface area contributed by atoms with E-state index in [1.165, 1.54) is 31.4 Å². The molecule has 1 aliphatic carbocycles. The van der Waals surface area contributed by atoms with Crippen LogP contribution in [0.5, 0.6) is 0 Å². The molecule has 0 bridgehead atoms. The molecule has 2 N–H and O–H groups in total. The van der Waals surface area contributed by atoms with Crippen molar-refractivity contribution in [3.8, 4) is 0 Å². The molecule has 5 heteroatoms. The first kappa shape index (κ1) is 17.5. The van der Waals surface area contributed by atoms with E-state index in [2.05, 4.69) is 63.6 Å². The summed E-state index contributed by atoms with van der Waals surface area (Å²) in [6, 6.07) is 11.0. The number of nitrogens with zero attached hydrogens (tertiary/aromatic N) is 3. The Morgan fingerprint density at radius 3 is 2.36 bits per heavy atom. The molecule has 5 nitrogen and oxygen atoms in total. The van der Waals surface area contributed by atoms with E-state index in [0.29, 0.717) is 12.0 Å². The number of aromatic nitrogens is 2. The molecule has 1 saturated carbocycles. The average molecular weight is 339 g/mol. The molecule has 1 heterocycles. The number of benzene rings is 1. The van der Waals surface area contributed by atoms with Crippen molar-refractivity contribution in [1.29, 1.82) is 0 Å². The average Bonchev–Trinajstić information content (AvgIpc) is 3.10. The van der Waals surface area contributed by atoms with Crippen molar-refractivity contribution in [2.24, 2.45) is 0 Å². The van der Waals surface area contributed by atoms with Gasteiger partial charge in [0, 0.05) is 42.3 Å². The molecule has 0 amide bonds. The van der Waals surface area contributed by atoms with E-state index in [9.17, 15) is 0 Å². The summed E-state index contributed by atoms with van der Waals surface area (Å²) in [4.78, 5) is 11.5. The number of nitrogens with one attached hydrogen (secondary N) is 2. The Balaban J connectivity index is 1.70. The Morgan fingerprint density at radius 1 is 1.04 bits per heavy atom. The Hall–Kier alpha value is -2.30. The summed E-state index contributed by atoms with van der Waals surface area (Å²) in [5.74, 6) is 1.57. The maximum Gasteiger partial charge on any atom is 0.229 e. The summed E-state index contributed by atoms with van der Waals surface area (Å²) >= 11 is 0. The Morgan fingerprint density at radius 2 is 1.72 bits per heavy atom. The van der Waals surface area contributed by atoms with Gasteiger partial charge in [-0.1, -0.05) is 12.8 Å². The number of hydrogen-bond donors (Lipinski definition) is 2. The van der Waals surface area contributed by atoms with Crippen molar-refractivity contribution in [3.63, 3.8) is 0 Å². The highest BCUT2D eigenvalue weighted by Crippen LogP contribution is 2.23. The molecule has 1 fully saturated rings. The number of hydrogen-bond acceptors (Lipinski definition) is 5. The fourth-order valence-electron chi connectivity index (χ4n) is 3.45. The third kappa shape index (κ3) is 4.62. The monoisotopic (exact) mass is 339 g/mol. The van der Waals surface area contributed by atoms with Crippen LogP contribution in [0.25, 0.3) is 0 Å². The summed E-state index contributed by atoms with van der Waals surface area (Å²) in [6.45, 7) is 8.39. The highest BCUT2D eigenvalue weighted by Gasteiger charge is 2.15. The maximum atomic E-state index is 4.64. The van der Waals surface area contributed by atoms with Crippen molar-refractivity contribution < 1.29 is 0 Å². The van der Waals surface area contributed by atoms with Crippen molar-refractivity contribution in [1.82, 2.24) is 9.97 Å². The lowest BCUT2D eigenvalue weighted by atomic mass is 10.2. The van der Waals surface area contributed by atoms with Crippen LogP contribution in [0.3, 0.4) is 0 Å². The van der Waals surface area contributed by atoms with Gasteiger partial charge >= 0.3 is 0 Å². The maximum absolute atomic E-state index is 4.64. The first-order valence-corrected chi connectivity index (χ1v) is 9.42. The van der Waals surface area contributed by atoms with E-state index in [-0.39, 0.29) is 0 Å². The minimum absolute atomic E-state index is 0.551. The van der Waals surface area contributed by atoms with Gasteiger partial charge in [-0.25, -0.2) is 4.98 Å². The lowest BCUT2D eigenvalue weighted by Crippen LogP contribution is -2.21. The fourth-order valence-corrected chi connectivity index (χ4v) is 3.45. The van der Waals surface area contributed by atoms with Crippen molar-refractivity contribution in [3.05, 3.63) is 36.0 Å². The molecule has 0 aliphatic heterocycles. The minimum atomic E-state index is 0.551. The van der Waals surface area contributed by atoms with E-state index < -0.39 is 0 Å². The van der Waals surface area contributed by atoms with Gasteiger partial charge in [0.25, 0.3) is 0 Å². The number of anilines is 4. The van der Waals surface area contributed by atoms with Crippen LogP contribution in [0.1, 0.15) is 45.2 Å². The first-order chi connectivity index (χ1) is 12.2. The molecular weight excluding hydrogens is 310 g/mol. The molecule has 0 spiro atoms. The molecule has 1 aromatic heterocycles. The number of aryl methyl sites for hydroxylation is 1. The van der Waals surface area contributed by atoms with Gasteiger partial charge in [0.15, 0.2) is 0 Å². The smallest absolute Gasteiger partial charge is 0.229 e. The summed E-state index contributed by atoms with van der Waals surface area (Å²) in [7, 11) is 0. The third-order valence-corrected chi connectivity index (χ3v) is 4.81. The molecule has 25 heavy (non-hydrogen) atoms. The first-order valence-electron chi connectivity index (χ1n) is 9.42. The predicted octanol–water partition coefficient (Wildman–Crippen LogP) is 4.73. The van der Waals surface area contributed by atoms with Crippen LogP contribution in [0.4, 0.5) is 23.1 Å². The van der Waals surface area contributed by atoms with E-state index in [4.69, 9.17) is 0 Å². The van der Waals surface area contributed by atoms with E-state index in [1.54, 1.807) is 0 Å². The van der Waals surface area contributed by atoms with Gasteiger partial charge in [0.1, 0.15) is 5.82 Å². The molecule has 2 aromatic rings. The van der Waals surface area contributed by atoms with Gasteiger partial charge < -0.3 is 15.5 Å². The van der Waals surface area contributed by atoms with Crippen LogP contribution in [0.15, 0.2) is 30.3 Å². The standard InChI is InChI=1S/C20H29N5/c1-4-25(5-2)18-12-10-17(11-13-18)23-20-21-15(3)14-19(24-20)22-16-8-6-7-9-16/h10-14,16H,4-9H2,1-3H3,(H2,21,22,23,24). The molecule has 0 unspecified atom stereocenters. The summed E-state index contributed by atoms with van der Waals surface area (Å²) in [6.07, 6.45) is 5.09. The highest BCUT2D eigenvalue weighted by molar-refractivity contribution is 5.60. The Bertz CT molecular complexity index is 673. The van der Waals surface area contributed by atoms with Crippen LogP contribution in [-0.2, 0) is 0 Å². The fraction of sp³-hybridized carbons (Fsp3) is 0.500. The van der Waals surface area contributed by atoms with Crippen molar-refractivity contribution in [2.45, 2.75) is 52.5 Å². The summed E-state index contributed by atoms with van der Waals surface area (Å²) in [5, 5.41) is 6.88. The zero-order valence-corrected chi connectivity index (χ0v) is 15.5. The van der Waals surface area contributed by atoms with Gasteiger partial charge in [0.2, 0.25) is 5.95 Å². The van der Waals surface area contributed by atoms with Gasteiger partial charge in [0.05, 0.1) is 0 Å². The quantitative estimate of drug-likeness (QED) is 0.764. The number of rotatable bonds is 7. The Kier molecular flexibility index (Phi) is 5.74. The van der Waals surface area contributed by atoms with E-state index in [1.807, 2.05) is 13.0 Å². The second-order valence-corrected chi connectivity index (χ2v) is 6.69. The second kappa shape index (κ2) is 8.19. The molecule has 1 aliphatic rings. The molecular formula is C20H29N5. The molecule has 0 saturated heterocycles. The topological polar surface area (TPSA) is 53.1 Å². The lowest BCUT2D eigenvalue weighted by Gasteiger charge is -2.21. The van der Waals surface area contributed by atoms with Crippen molar-refractivity contribution >= 4 is 23.1 Å². The summed E-state index contributed by atoms with van der Waals surface area (Å²) in [5.41, 5.74) is 3.22. The molecule has 134 valence electrons. The third-order valence-electron chi connectivity index (χ3n) is 4.81. The van der Waals surface area contributed by atoms with E-state index >= 15 is 0 Å². The zero-order valence-electron chi connectivity index (χ0n) is 15.5. The molecule has 0 radical (unpaired) electrons. The van der Waals surface area contributed by atoms with E-state index in [0.717, 1.165) is 30.3 Å². The molecule has 0 atom stereocenters.